The largest absolute Gasteiger partial charge is 0.393 e. The van der Waals surface area contributed by atoms with Crippen molar-refractivity contribution in [3.05, 3.63) is 11.1 Å². The molecule has 0 heterocycles. The third kappa shape index (κ3) is 3.66. The minimum Gasteiger partial charge on any atom is -0.393 e. The maximum atomic E-state index is 10.3. The van der Waals surface area contributed by atoms with Crippen molar-refractivity contribution in [2.24, 2.45) is 46.3 Å². The molecule has 1 N–H and O–H groups in total. The van der Waals surface area contributed by atoms with Crippen molar-refractivity contribution in [3.63, 3.8) is 0 Å². The van der Waals surface area contributed by atoms with Gasteiger partial charge in [-0.15, -0.1) is 0 Å². The van der Waals surface area contributed by atoms with Gasteiger partial charge >= 0.3 is 0 Å². The van der Waals surface area contributed by atoms with Crippen LogP contribution >= 0.6 is 0 Å². The summed E-state index contributed by atoms with van der Waals surface area (Å²) < 4.78 is 0. The van der Waals surface area contributed by atoms with Crippen LogP contribution in [-0.2, 0) is 0 Å². The van der Waals surface area contributed by atoms with Crippen LogP contribution in [0.25, 0.3) is 0 Å². The van der Waals surface area contributed by atoms with Crippen LogP contribution in [0.3, 0.4) is 0 Å². The van der Waals surface area contributed by atoms with E-state index >= 15 is 0 Å². The third-order valence-corrected chi connectivity index (χ3v) is 10.9. The summed E-state index contributed by atoms with van der Waals surface area (Å²) in [7, 11) is 0. The fraction of sp³-hybridized carbons (Fsp3) is 0.929. The zero-order chi connectivity index (χ0) is 21.0. The molecule has 0 aromatic carbocycles. The van der Waals surface area contributed by atoms with Gasteiger partial charge in [0, 0.05) is 0 Å². The molecule has 0 spiro atoms. The Kier molecular flexibility index (Phi) is 6.04. The van der Waals surface area contributed by atoms with Crippen molar-refractivity contribution < 1.29 is 5.11 Å². The molecule has 0 radical (unpaired) electrons. The van der Waals surface area contributed by atoms with Gasteiger partial charge in [0.1, 0.15) is 0 Å². The number of hydrogen-bond acceptors (Lipinski definition) is 1. The number of aliphatic hydroxyl groups is 1. The summed E-state index contributed by atoms with van der Waals surface area (Å²) in [5.74, 6) is 5.04. The average molecular weight is 401 g/mol. The van der Waals surface area contributed by atoms with Gasteiger partial charge in [0.15, 0.2) is 0 Å². The lowest BCUT2D eigenvalue weighted by atomic mass is 9.49. The van der Waals surface area contributed by atoms with Crippen LogP contribution in [0, 0.1) is 46.3 Å². The van der Waals surface area contributed by atoms with Crippen molar-refractivity contribution in [1.29, 1.82) is 0 Å². The predicted molar refractivity (Wildman–Crippen MR) is 124 cm³/mol. The molecule has 1 heteroatoms. The van der Waals surface area contributed by atoms with Crippen LogP contribution in [0.4, 0.5) is 0 Å². The number of hydrogen-bond donors (Lipinski definition) is 1. The first-order valence-electron chi connectivity index (χ1n) is 13.1. The van der Waals surface area contributed by atoms with Gasteiger partial charge in [-0.05, 0) is 104 Å². The summed E-state index contributed by atoms with van der Waals surface area (Å²) in [4.78, 5) is 0. The van der Waals surface area contributed by atoms with E-state index in [2.05, 4.69) is 41.5 Å². The Morgan fingerprint density at radius 3 is 2.41 bits per heavy atom. The summed E-state index contributed by atoms with van der Waals surface area (Å²) >= 11 is 0. The molecule has 8 atom stereocenters. The van der Waals surface area contributed by atoms with E-state index in [1.165, 1.54) is 57.8 Å². The average Bonchev–Trinajstić information content (AvgIpc) is 3.03. The summed E-state index contributed by atoms with van der Waals surface area (Å²) in [5, 5.41) is 10.3. The summed E-state index contributed by atoms with van der Waals surface area (Å²) in [5.41, 5.74) is 4.80. The molecule has 0 saturated heterocycles. The molecule has 3 saturated carbocycles. The molecule has 1 nitrogen and oxygen atoms in total. The highest BCUT2D eigenvalue weighted by molar-refractivity contribution is 5.34. The standard InChI is InChI=1S/C28H48O/c1-18(2)19(3)7-8-20(4)24-11-12-25-23-10-9-21-17-22(29)13-15-27(21,5)26(23)14-16-28(24,25)6/h18-22,24,26,29H,7-17H2,1-6H3/t19-,20-,21+,22+,24+,26+,27-,28+/m1/s1. The van der Waals surface area contributed by atoms with E-state index in [-0.39, 0.29) is 6.10 Å². The second-order valence-corrected chi connectivity index (χ2v) is 12.6. The highest BCUT2D eigenvalue weighted by Crippen LogP contribution is 2.65. The highest BCUT2D eigenvalue weighted by atomic mass is 16.3. The smallest absolute Gasteiger partial charge is 0.0543 e. The van der Waals surface area contributed by atoms with Gasteiger partial charge in [-0.1, -0.05) is 65.5 Å². The monoisotopic (exact) mass is 400 g/mol. The van der Waals surface area contributed by atoms with Gasteiger partial charge in [0.25, 0.3) is 0 Å². The zero-order valence-electron chi connectivity index (χ0n) is 20.3. The number of allylic oxidation sites excluding steroid dienone is 2. The van der Waals surface area contributed by atoms with E-state index in [9.17, 15) is 5.11 Å². The second-order valence-electron chi connectivity index (χ2n) is 12.6. The molecule has 0 unspecified atom stereocenters. The topological polar surface area (TPSA) is 20.2 Å². The molecular formula is C28H48O. The molecule has 0 aromatic rings. The van der Waals surface area contributed by atoms with Gasteiger partial charge in [-0.3, -0.25) is 0 Å². The van der Waals surface area contributed by atoms with Crippen LogP contribution in [-0.4, -0.2) is 11.2 Å². The normalized spacial score (nSPS) is 44.3. The first-order chi connectivity index (χ1) is 13.7. The molecule has 0 amide bonds. The van der Waals surface area contributed by atoms with Crippen molar-refractivity contribution >= 4 is 0 Å². The van der Waals surface area contributed by atoms with Crippen LogP contribution in [0.2, 0.25) is 0 Å². The van der Waals surface area contributed by atoms with Crippen LogP contribution in [0.5, 0.6) is 0 Å². The van der Waals surface area contributed by atoms with E-state index in [0.717, 1.165) is 48.3 Å². The maximum Gasteiger partial charge on any atom is 0.0543 e. The predicted octanol–water partition coefficient (Wildman–Crippen LogP) is 7.78. The van der Waals surface area contributed by atoms with Crippen LogP contribution < -0.4 is 0 Å². The Hall–Kier alpha value is -0.300. The minimum absolute atomic E-state index is 0.0268. The Morgan fingerprint density at radius 1 is 0.931 bits per heavy atom. The molecule has 3 fully saturated rings. The zero-order valence-corrected chi connectivity index (χ0v) is 20.3. The molecule has 4 aliphatic carbocycles. The second kappa shape index (κ2) is 7.99. The number of fused-ring (bicyclic) bond motifs is 4. The molecule has 0 aromatic heterocycles. The lowest BCUT2D eigenvalue weighted by Crippen LogP contribution is -2.48. The van der Waals surface area contributed by atoms with Crippen LogP contribution in [0.1, 0.15) is 112 Å². The van der Waals surface area contributed by atoms with E-state index < -0.39 is 0 Å². The van der Waals surface area contributed by atoms with E-state index in [4.69, 9.17) is 0 Å². The third-order valence-electron chi connectivity index (χ3n) is 10.9. The lowest BCUT2D eigenvalue weighted by molar-refractivity contribution is -0.0381. The minimum atomic E-state index is -0.0268. The van der Waals surface area contributed by atoms with Crippen molar-refractivity contribution in [2.75, 3.05) is 0 Å². The molecule has 4 rings (SSSR count). The van der Waals surface area contributed by atoms with Gasteiger partial charge in [0.2, 0.25) is 0 Å². The van der Waals surface area contributed by atoms with Gasteiger partial charge < -0.3 is 5.11 Å². The van der Waals surface area contributed by atoms with E-state index in [1.54, 1.807) is 0 Å². The number of rotatable bonds is 5. The van der Waals surface area contributed by atoms with Gasteiger partial charge in [-0.2, -0.15) is 0 Å². The first kappa shape index (κ1) is 21.9. The summed E-state index contributed by atoms with van der Waals surface area (Å²) in [6.45, 7) is 15.0. The van der Waals surface area contributed by atoms with E-state index in [0.29, 0.717) is 10.8 Å². The van der Waals surface area contributed by atoms with Gasteiger partial charge in [0.05, 0.1) is 6.10 Å². The number of aliphatic hydroxyl groups excluding tert-OH is 1. The quantitative estimate of drug-likeness (QED) is 0.467. The Morgan fingerprint density at radius 2 is 1.69 bits per heavy atom. The summed E-state index contributed by atoms with van der Waals surface area (Å²) in [6.07, 6.45) is 14.5. The molecule has 166 valence electrons. The molecular weight excluding hydrogens is 352 g/mol. The maximum absolute atomic E-state index is 10.3. The Balaban J connectivity index is 1.53. The molecule has 29 heavy (non-hydrogen) atoms. The highest BCUT2D eigenvalue weighted by Gasteiger charge is 2.55. The lowest BCUT2D eigenvalue weighted by Gasteiger charge is -2.56. The Bertz CT molecular complexity index is 632. The van der Waals surface area contributed by atoms with Crippen molar-refractivity contribution in [1.82, 2.24) is 0 Å². The molecule has 0 bridgehead atoms. The summed E-state index contributed by atoms with van der Waals surface area (Å²) in [6, 6.07) is 0. The SMILES string of the molecule is CC(C)[C@H](C)CC[C@@H](C)[C@@H]1CCC2=C3CC[C@H]4C[C@@H](O)CC[C@@]4(C)[C@H]3CC[C@]21C. The molecule has 4 aliphatic rings. The van der Waals surface area contributed by atoms with E-state index in [1.807, 2.05) is 11.1 Å². The van der Waals surface area contributed by atoms with Crippen molar-refractivity contribution in [2.45, 2.75) is 118 Å². The van der Waals surface area contributed by atoms with Gasteiger partial charge in [-0.25, -0.2) is 0 Å². The fourth-order valence-electron chi connectivity index (χ4n) is 8.48. The van der Waals surface area contributed by atoms with Crippen LogP contribution in [0.15, 0.2) is 11.1 Å². The first-order valence-corrected chi connectivity index (χ1v) is 13.1. The fourth-order valence-corrected chi connectivity index (χ4v) is 8.48. The van der Waals surface area contributed by atoms with Crippen molar-refractivity contribution in [3.8, 4) is 0 Å². The Labute approximate surface area is 181 Å². The molecule has 0 aliphatic heterocycles.